The molecule has 0 aromatic heterocycles. The van der Waals surface area contributed by atoms with Crippen LogP contribution >= 0.6 is 11.6 Å². The summed E-state index contributed by atoms with van der Waals surface area (Å²) in [5.74, 6) is -0.771. The van der Waals surface area contributed by atoms with Crippen LogP contribution in [0.4, 0.5) is 0 Å². The molecular weight excluding hydrogens is 330 g/mol. The molecule has 1 saturated heterocycles. The Morgan fingerprint density at radius 1 is 1.21 bits per heavy atom. The maximum absolute atomic E-state index is 12.9. The molecule has 0 radical (unpaired) electrons. The minimum absolute atomic E-state index is 0.00583. The molecule has 1 heterocycles. The zero-order chi connectivity index (χ0) is 17.4. The zero-order valence-corrected chi connectivity index (χ0v) is 14.5. The highest BCUT2D eigenvalue weighted by molar-refractivity contribution is 6.30. The second kappa shape index (κ2) is 9.04. The minimum atomic E-state index is -0.777. The first-order valence-electron chi connectivity index (χ1n) is 8.38. The normalized spacial score (nSPS) is 16.5. The highest BCUT2D eigenvalue weighted by Crippen LogP contribution is 2.36. The Kier molecular flexibility index (Phi) is 7.06. The van der Waals surface area contributed by atoms with Crippen molar-refractivity contribution >= 4 is 23.5 Å². The molecule has 1 aromatic rings. The van der Waals surface area contributed by atoms with Gasteiger partial charge >= 0.3 is 5.97 Å². The van der Waals surface area contributed by atoms with E-state index in [0.29, 0.717) is 44.0 Å². The molecule has 1 aliphatic heterocycles. The number of amides is 1. The van der Waals surface area contributed by atoms with E-state index in [4.69, 9.17) is 21.4 Å². The van der Waals surface area contributed by atoms with Crippen molar-refractivity contribution in [3.05, 3.63) is 34.9 Å². The van der Waals surface area contributed by atoms with E-state index in [0.717, 1.165) is 18.4 Å². The van der Waals surface area contributed by atoms with Crippen LogP contribution in [0, 0.1) is 0 Å². The summed E-state index contributed by atoms with van der Waals surface area (Å²) in [6.45, 7) is 1.67. The number of carboxylic acids is 1. The first kappa shape index (κ1) is 18.7. The molecule has 1 aliphatic rings. The van der Waals surface area contributed by atoms with Crippen molar-refractivity contribution in [1.82, 2.24) is 5.32 Å². The van der Waals surface area contributed by atoms with Gasteiger partial charge in [-0.15, -0.1) is 0 Å². The first-order valence-corrected chi connectivity index (χ1v) is 8.76. The van der Waals surface area contributed by atoms with E-state index in [2.05, 4.69) is 5.32 Å². The fourth-order valence-electron chi connectivity index (χ4n) is 3.10. The number of ether oxygens (including phenoxy) is 1. The van der Waals surface area contributed by atoms with Gasteiger partial charge in [-0.1, -0.05) is 30.2 Å². The molecule has 0 spiro atoms. The van der Waals surface area contributed by atoms with Crippen molar-refractivity contribution in [2.75, 3.05) is 19.8 Å². The Bertz CT molecular complexity index is 570. The van der Waals surface area contributed by atoms with Crippen LogP contribution in [0.2, 0.25) is 5.02 Å². The average molecular weight is 354 g/mol. The maximum atomic E-state index is 12.9. The van der Waals surface area contributed by atoms with Crippen molar-refractivity contribution in [2.24, 2.45) is 0 Å². The number of hydrogen-bond acceptors (Lipinski definition) is 3. The van der Waals surface area contributed by atoms with E-state index in [9.17, 15) is 9.59 Å². The lowest BCUT2D eigenvalue weighted by atomic mass is 9.73. The molecule has 1 fully saturated rings. The van der Waals surface area contributed by atoms with Crippen molar-refractivity contribution in [2.45, 2.75) is 43.9 Å². The Labute approximate surface area is 147 Å². The summed E-state index contributed by atoms with van der Waals surface area (Å²) in [5.41, 5.74) is 0.339. The third-order valence-corrected chi connectivity index (χ3v) is 4.75. The number of unbranched alkanes of at least 4 members (excludes halogenated alkanes) is 2. The lowest BCUT2D eigenvalue weighted by Crippen LogP contribution is -2.48. The van der Waals surface area contributed by atoms with Gasteiger partial charge in [0.1, 0.15) is 0 Å². The van der Waals surface area contributed by atoms with Gasteiger partial charge in [-0.25, -0.2) is 0 Å². The molecule has 0 bridgehead atoms. The molecule has 1 aromatic carbocycles. The SMILES string of the molecule is O=C(O)CCCCCNC(=O)C1(c2cccc(Cl)c2)CCOCC1. The van der Waals surface area contributed by atoms with Crippen LogP contribution in [0.1, 0.15) is 44.1 Å². The maximum Gasteiger partial charge on any atom is 0.303 e. The van der Waals surface area contributed by atoms with Crippen LogP contribution in [0.15, 0.2) is 24.3 Å². The van der Waals surface area contributed by atoms with Crippen LogP contribution in [-0.2, 0) is 19.7 Å². The van der Waals surface area contributed by atoms with Gasteiger partial charge in [0.25, 0.3) is 0 Å². The highest BCUT2D eigenvalue weighted by atomic mass is 35.5. The van der Waals surface area contributed by atoms with Crippen LogP contribution < -0.4 is 5.32 Å². The summed E-state index contributed by atoms with van der Waals surface area (Å²) in [6, 6.07) is 7.48. The molecule has 5 nitrogen and oxygen atoms in total. The lowest BCUT2D eigenvalue weighted by Gasteiger charge is -2.36. The summed E-state index contributed by atoms with van der Waals surface area (Å²) in [7, 11) is 0. The predicted molar refractivity (Wildman–Crippen MR) is 92.3 cm³/mol. The van der Waals surface area contributed by atoms with Gasteiger partial charge in [0, 0.05) is 31.2 Å². The van der Waals surface area contributed by atoms with Gasteiger partial charge < -0.3 is 15.2 Å². The minimum Gasteiger partial charge on any atom is -0.481 e. The van der Waals surface area contributed by atoms with Crippen molar-refractivity contribution < 1.29 is 19.4 Å². The van der Waals surface area contributed by atoms with E-state index >= 15 is 0 Å². The molecule has 2 N–H and O–H groups in total. The average Bonchev–Trinajstić information content (AvgIpc) is 2.58. The highest BCUT2D eigenvalue weighted by Gasteiger charge is 2.41. The number of nitrogens with one attached hydrogen (secondary N) is 1. The van der Waals surface area contributed by atoms with Crippen LogP contribution in [-0.4, -0.2) is 36.7 Å². The molecular formula is C18H24ClNO4. The Balaban J connectivity index is 1.95. The van der Waals surface area contributed by atoms with Crippen molar-refractivity contribution in [3.8, 4) is 0 Å². The first-order chi connectivity index (χ1) is 11.5. The summed E-state index contributed by atoms with van der Waals surface area (Å²) >= 11 is 6.11. The van der Waals surface area contributed by atoms with Gasteiger partial charge in [0.2, 0.25) is 5.91 Å². The second-order valence-electron chi connectivity index (χ2n) is 6.17. The number of aliphatic carboxylic acids is 1. The number of halogens is 1. The molecule has 0 aliphatic carbocycles. The van der Waals surface area contributed by atoms with Gasteiger partial charge in [0.15, 0.2) is 0 Å². The van der Waals surface area contributed by atoms with Crippen LogP contribution in [0.3, 0.4) is 0 Å². The molecule has 1 amide bonds. The van der Waals surface area contributed by atoms with E-state index in [1.165, 1.54) is 0 Å². The van der Waals surface area contributed by atoms with E-state index in [1.807, 2.05) is 18.2 Å². The molecule has 6 heteroatoms. The number of carbonyl (C=O) groups is 2. The summed E-state index contributed by atoms with van der Waals surface area (Å²) in [6.07, 6.45) is 3.66. The number of carboxylic acid groups (broad SMARTS) is 1. The van der Waals surface area contributed by atoms with Crippen LogP contribution in [0.25, 0.3) is 0 Å². The molecule has 2 rings (SSSR count). The molecule has 0 saturated carbocycles. The standard InChI is InChI=1S/C18H24ClNO4/c19-15-6-4-5-14(13-15)18(8-11-24-12-9-18)17(23)20-10-3-1-2-7-16(21)22/h4-6,13H,1-3,7-12H2,(H,20,23)(H,21,22). The predicted octanol–water partition coefficient (Wildman–Crippen LogP) is 3.15. The van der Waals surface area contributed by atoms with Crippen LogP contribution in [0.5, 0.6) is 0 Å². The second-order valence-corrected chi connectivity index (χ2v) is 6.60. The van der Waals surface area contributed by atoms with Crippen molar-refractivity contribution in [1.29, 1.82) is 0 Å². The Morgan fingerprint density at radius 3 is 2.62 bits per heavy atom. The molecule has 132 valence electrons. The van der Waals surface area contributed by atoms with Gasteiger partial charge in [-0.05, 0) is 43.4 Å². The summed E-state index contributed by atoms with van der Waals surface area (Å²) in [4.78, 5) is 23.3. The third kappa shape index (κ3) is 4.95. The van der Waals surface area contributed by atoms with Crippen molar-refractivity contribution in [3.63, 3.8) is 0 Å². The topological polar surface area (TPSA) is 75.6 Å². The monoisotopic (exact) mass is 353 g/mol. The van der Waals surface area contributed by atoms with Gasteiger partial charge in [-0.3, -0.25) is 9.59 Å². The van der Waals surface area contributed by atoms with E-state index < -0.39 is 11.4 Å². The van der Waals surface area contributed by atoms with E-state index in [1.54, 1.807) is 6.07 Å². The molecule has 24 heavy (non-hydrogen) atoms. The number of hydrogen-bond donors (Lipinski definition) is 2. The quantitative estimate of drug-likeness (QED) is 0.704. The smallest absolute Gasteiger partial charge is 0.303 e. The fourth-order valence-corrected chi connectivity index (χ4v) is 3.29. The Morgan fingerprint density at radius 2 is 1.96 bits per heavy atom. The van der Waals surface area contributed by atoms with E-state index in [-0.39, 0.29) is 12.3 Å². The fraction of sp³-hybridized carbons (Fsp3) is 0.556. The van der Waals surface area contributed by atoms with Gasteiger partial charge in [0.05, 0.1) is 5.41 Å². The third-order valence-electron chi connectivity index (χ3n) is 4.51. The molecule has 0 unspecified atom stereocenters. The lowest BCUT2D eigenvalue weighted by molar-refractivity contribution is -0.137. The van der Waals surface area contributed by atoms with Gasteiger partial charge in [-0.2, -0.15) is 0 Å². The number of carbonyl (C=O) groups excluding carboxylic acids is 1. The number of benzene rings is 1. The zero-order valence-electron chi connectivity index (χ0n) is 13.7. The largest absolute Gasteiger partial charge is 0.481 e. The number of rotatable bonds is 8. The summed E-state index contributed by atoms with van der Waals surface area (Å²) < 4.78 is 5.44. The molecule has 0 atom stereocenters. The summed E-state index contributed by atoms with van der Waals surface area (Å²) in [5, 5.41) is 12.3. The Hall–Kier alpha value is -1.59.